The lowest BCUT2D eigenvalue weighted by Gasteiger charge is -2.36. The molecule has 2 amide bonds. The number of ether oxygens (including phenoxy) is 1. The van der Waals surface area contributed by atoms with E-state index in [4.69, 9.17) is 4.74 Å². The van der Waals surface area contributed by atoms with E-state index >= 15 is 0 Å². The monoisotopic (exact) mass is 659 g/mol. The molecule has 0 radical (unpaired) electrons. The van der Waals surface area contributed by atoms with Gasteiger partial charge in [0.05, 0.1) is 36.4 Å². The molecular weight excluding hydrogens is 611 g/mol. The summed E-state index contributed by atoms with van der Waals surface area (Å²) in [5, 5.41) is 0.931. The summed E-state index contributed by atoms with van der Waals surface area (Å²) >= 11 is 1.62. The number of nitrogens with zero attached hydrogens (tertiary/aromatic N) is 4. The minimum atomic E-state index is -0.654. The van der Waals surface area contributed by atoms with Crippen molar-refractivity contribution in [2.24, 2.45) is 0 Å². The Hall–Kier alpha value is -3.05. The Morgan fingerprint density at radius 3 is 2.13 bits per heavy atom. The first-order chi connectivity index (χ1) is 22.6. The van der Waals surface area contributed by atoms with Crippen molar-refractivity contribution in [2.75, 3.05) is 65.6 Å². The molecule has 1 N–H and O–H groups in total. The van der Waals surface area contributed by atoms with Gasteiger partial charge in [-0.3, -0.25) is 19.3 Å². The smallest absolute Gasteiger partial charge is 0.236 e. The van der Waals surface area contributed by atoms with Crippen LogP contribution in [0, 0.1) is 13.8 Å². The van der Waals surface area contributed by atoms with Crippen LogP contribution in [0.2, 0.25) is 0 Å². The number of aromatic amines is 1. The van der Waals surface area contributed by atoms with Crippen LogP contribution in [0.4, 0.5) is 0 Å². The van der Waals surface area contributed by atoms with Gasteiger partial charge in [0.25, 0.3) is 0 Å². The van der Waals surface area contributed by atoms with Gasteiger partial charge in [-0.15, -0.1) is 11.3 Å². The number of morpholine rings is 1. The largest absolute Gasteiger partial charge is 0.378 e. The van der Waals surface area contributed by atoms with E-state index in [2.05, 4.69) is 71.6 Å². The van der Waals surface area contributed by atoms with Gasteiger partial charge in [0.1, 0.15) is 4.83 Å². The zero-order valence-electron chi connectivity index (χ0n) is 28.4. The number of benzene rings is 1. The van der Waals surface area contributed by atoms with Crippen LogP contribution in [0.5, 0.6) is 0 Å². The molecule has 0 saturated carbocycles. The number of Topliss-reactive ketones (excluding diaryl/α,β-unsaturated/α-hetero) is 1. The van der Waals surface area contributed by atoms with E-state index in [0.29, 0.717) is 57.9 Å². The summed E-state index contributed by atoms with van der Waals surface area (Å²) in [6.07, 6.45) is 4.91. The van der Waals surface area contributed by atoms with Crippen LogP contribution in [0.25, 0.3) is 21.5 Å². The van der Waals surface area contributed by atoms with Crippen LogP contribution in [0.1, 0.15) is 72.3 Å². The van der Waals surface area contributed by atoms with Crippen molar-refractivity contribution in [3.63, 3.8) is 0 Å². The van der Waals surface area contributed by atoms with Gasteiger partial charge in [-0.25, -0.2) is 0 Å². The number of ketones is 1. The summed E-state index contributed by atoms with van der Waals surface area (Å²) in [4.78, 5) is 55.2. The Balaban J connectivity index is 1.08. The van der Waals surface area contributed by atoms with E-state index < -0.39 is 5.41 Å². The molecule has 0 unspecified atom stereocenters. The van der Waals surface area contributed by atoms with Crippen LogP contribution in [0.3, 0.4) is 0 Å². The van der Waals surface area contributed by atoms with E-state index in [1.807, 2.05) is 4.90 Å². The highest BCUT2D eigenvalue weighted by molar-refractivity contribution is 7.19. The molecule has 7 rings (SSSR count). The second-order valence-electron chi connectivity index (χ2n) is 14.7. The fraction of sp³-hybridized carbons (Fsp3) is 0.595. The second kappa shape index (κ2) is 13.1. The highest BCUT2D eigenvalue weighted by atomic mass is 32.1. The maximum Gasteiger partial charge on any atom is 0.236 e. The van der Waals surface area contributed by atoms with Crippen LogP contribution in [-0.2, 0) is 19.7 Å². The normalized spacial score (nSPS) is 22.5. The van der Waals surface area contributed by atoms with Crippen molar-refractivity contribution < 1.29 is 19.1 Å². The number of carbonyl (C=O) groups is 3. The molecule has 3 aromatic rings. The van der Waals surface area contributed by atoms with Gasteiger partial charge in [-0.05, 0) is 77.1 Å². The lowest BCUT2D eigenvalue weighted by molar-refractivity contribution is -0.137. The molecule has 2 aromatic heterocycles. The molecule has 4 aliphatic rings. The third kappa shape index (κ3) is 6.42. The SMILES string of the molecule is Cc1cc(C)cc(-c2[nH]c3sc(C(C)(C)C(=O)N4C5CCC4CC5)cc3c2C(=O)CCN2CCN(CC(=O)N3CCOCC3)CC2)c1. The Bertz CT molecular complexity index is 1620. The van der Waals surface area contributed by atoms with Crippen LogP contribution >= 0.6 is 11.3 Å². The second-order valence-corrected chi connectivity index (χ2v) is 15.7. The molecule has 0 spiro atoms. The summed E-state index contributed by atoms with van der Waals surface area (Å²) < 4.78 is 5.39. The molecule has 4 saturated heterocycles. The number of H-pyrrole nitrogens is 1. The van der Waals surface area contributed by atoms with Gasteiger partial charge >= 0.3 is 0 Å². The molecule has 4 fully saturated rings. The van der Waals surface area contributed by atoms with Crippen molar-refractivity contribution in [2.45, 2.75) is 77.3 Å². The summed E-state index contributed by atoms with van der Waals surface area (Å²) in [6.45, 7) is 15.3. The topological polar surface area (TPSA) is 89.2 Å². The van der Waals surface area contributed by atoms with Gasteiger partial charge in [0, 0.05) is 74.6 Å². The Labute approximate surface area is 282 Å². The average molecular weight is 660 g/mol. The molecule has 0 aliphatic carbocycles. The quantitative estimate of drug-likeness (QED) is 0.326. The molecule has 10 heteroatoms. The number of amides is 2. The lowest BCUT2D eigenvalue weighted by atomic mass is 9.88. The van der Waals surface area contributed by atoms with Gasteiger partial charge in [-0.2, -0.15) is 0 Å². The number of rotatable bonds is 9. The number of thiophene rings is 1. The predicted molar refractivity (Wildman–Crippen MR) is 186 cm³/mol. The number of piperazine rings is 1. The number of fused-ring (bicyclic) bond motifs is 3. The van der Waals surface area contributed by atoms with Crippen molar-refractivity contribution in [1.29, 1.82) is 0 Å². The Kier molecular flexibility index (Phi) is 9.06. The van der Waals surface area contributed by atoms with Crippen molar-refractivity contribution in [1.82, 2.24) is 24.6 Å². The van der Waals surface area contributed by atoms with Gasteiger partial charge in [-0.1, -0.05) is 17.2 Å². The molecule has 6 heterocycles. The molecule has 2 bridgehead atoms. The molecular formula is C37H49N5O4S. The van der Waals surface area contributed by atoms with E-state index in [-0.39, 0.29) is 17.6 Å². The highest BCUT2D eigenvalue weighted by Crippen LogP contribution is 2.44. The lowest BCUT2D eigenvalue weighted by Crippen LogP contribution is -2.51. The third-order valence-corrected chi connectivity index (χ3v) is 12.3. The maximum atomic E-state index is 14.2. The van der Waals surface area contributed by atoms with E-state index in [1.54, 1.807) is 11.3 Å². The van der Waals surface area contributed by atoms with E-state index in [0.717, 1.165) is 94.9 Å². The summed E-state index contributed by atoms with van der Waals surface area (Å²) in [6, 6.07) is 9.34. The fourth-order valence-electron chi connectivity index (χ4n) is 8.25. The molecule has 47 heavy (non-hydrogen) atoms. The number of hydrogen-bond acceptors (Lipinski definition) is 7. The minimum absolute atomic E-state index is 0.126. The van der Waals surface area contributed by atoms with Crippen molar-refractivity contribution in [3.8, 4) is 11.3 Å². The third-order valence-electron chi connectivity index (χ3n) is 11.0. The number of nitrogens with one attached hydrogen (secondary N) is 1. The zero-order valence-corrected chi connectivity index (χ0v) is 29.2. The highest BCUT2D eigenvalue weighted by Gasteiger charge is 2.47. The number of aryl methyl sites for hydroxylation is 2. The fourth-order valence-corrected chi connectivity index (χ4v) is 9.41. The van der Waals surface area contributed by atoms with Gasteiger partial charge < -0.3 is 24.4 Å². The summed E-state index contributed by atoms with van der Waals surface area (Å²) in [5.41, 5.74) is 4.31. The van der Waals surface area contributed by atoms with Crippen molar-refractivity contribution >= 4 is 39.2 Å². The van der Waals surface area contributed by atoms with Crippen LogP contribution < -0.4 is 0 Å². The maximum absolute atomic E-state index is 14.2. The van der Waals surface area contributed by atoms with E-state index in [9.17, 15) is 14.4 Å². The van der Waals surface area contributed by atoms with Gasteiger partial charge in [0.15, 0.2) is 5.78 Å². The summed E-state index contributed by atoms with van der Waals surface area (Å²) in [7, 11) is 0. The van der Waals surface area contributed by atoms with Gasteiger partial charge in [0.2, 0.25) is 11.8 Å². The summed E-state index contributed by atoms with van der Waals surface area (Å²) in [5.74, 6) is 0.529. The Morgan fingerprint density at radius 2 is 1.49 bits per heavy atom. The minimum Gasteiger partial charge on any atom is -0.378 e. The molecule has 4 aliphatic heterocycles. The standard InChI is InChI=1S/C37H49N5O4S/c1-24-19-25(2)21-26(20-24)34-33(30(43)9-10-39-11-13-40(14-12-39)23-32(44)41-15-17-46-18-16-41)29-22-31(47-35(29)38-34)37(3,4)36(45)42-27-5-6-28(42)8-7-27/h19-22,27-28,38H,5-18,23H2,1-4H3. The average Bonchev–Trinajstić information content (AvgIpc) is 3.84. The molecule has 1 aromatic carbocycles. The van der Waals surface area contributed by atoms with E-state index in [1.165, 1.54) is 0 Å². The van der Waals surface area contributed by atoms with Crippen LogP contribution in [-0.4, -0.2) is 120 Å². The van der Waals surface area contributed by atoms with Crippen LogP contribution in [0.15, 0.2) is 24.3 Å². The number of carbonyl (C=O) groups excluding carboxylic acids is 3. The predicted octanol–water partition coefficient (Wildman–Crippen LogP) is 4.99. The first kappa shape index (κ1) is 32.5. The first-order valence-corrected chi connectivity index (χ1v) is 18.3. The van der Waals surface area contributed by atoms with Crippen molar-refractivity contribution in [3.05, 3.63) is 45.8 Å². The molecule has 0 atom stereocenters. The number of aromatic nitrogens is 1. The number of hydrogen-bond donors (Lipinski definition) is 1. The zero-order chi connectivity index (χ0) is 32.9. The molecule has 9 nitrogen and oxygen atoms in total. The Morgan fingerprint density at radius 1 is 0.872 bits per heavy atom. The first-order valence-electron chi connectivity index (χ1n) is 17.5. The molecule has 252 valence electrons.